The molecule has 1 aliphatic rings. The summed E-state index contributed by atoms with van der Waals surface area (Å²) in [6, 6.07) is 19.3. The zero-order valence-electron chi connectivity index (χ0n) is 11.4. The molecule has 3 heteroatoms. The van der Waals surface area contributed by atoms with Crippen LogP contribution in [-0.2, 0) is 10.1 Å². The molecule has 0 saturated carbocycles. The molecule has 1 unspecified atom stereocenters. The number of fused-ring (bicyclic) bond motifs is 1. The van der Waals surface area contributed by atoms with E-state index in [0.29, 0.717) is 0 Å². The molecule has 0 aliphatic carbocycles. The molecule has 0 N–H and O–H groups in total. The smallest absolute Gasteiger partial charge is 0.208 e. The van der Waals surface area contributed by atoms with E-state index >= 15 is 0 Å². The maximum Gasteiger partial charge on any atom is 0.208 e. The summed E-state index contributed by atoms with van der Waals surface area (Å²) in [7, 11) is -1.68. The third-order valence-corrected chi connectivity index (χ3v) is 7.09. The molecule has 0 saturated heterocycles. The molecule has 0 bridgehead atoms. The van der Waals surface area contributed by atoms with Crippen LogP contribution >= 0.6 is 7.49 Å². The van der Waals surface area contributed by atoms with Gasteiger partial charge in [-0.2, -0.15) is 0 Å². The minimum absolute atomic E-state index is 0. The van der Waals surface area contributed by atoms with Gasteiger partial charge < -0.3 is 24.0 Å². The second-order valence-electron chi connectivity index (χ2n) is 5.38. The largest absolute Gasteiger partial charge is 1.00 e. The van der Waals surface area contributed by atoms with E-state index in [1.165, 1.54) is 16.2 Å². The Balaban J connectivity index is 0.00000133. The summed E-state index contributed by atoms with van der Waals surface area (Å²) in [5.74, 6) is 0. The van der Waals surface area contributed by atoms with Crippen LogP contribution in [0.1, 0.15) is 19.4 Å². The molecule has 1 aliphatic heterocycles. The molecule has 0 radical (unpaired) electrons. The van der Waals surface area contributed by atoms with Crippen molar-refractivity contribution in [2.75, 3.05) is 6.66 Å². The SMILES string of the molecule is CC1(C)O[P+](C)(c2ccccc2)c2ccccc21.[I-]. The lowest BCUT2D eigenvalue weighted by Crippen LogP contribution is -3.00. The van der Waals surface area contributed by atoms with Gasteiger partial charge in [0, 0.05) is 5.56 Å². The van der Waals surface area contributed by atoms with Crippen LogP contribution in [0.3, 0.4) is 0 Å². The van der Waals surface area contributed by atoms with Crippen molar-refractivity contribution in [3.05, 3.63) is 60.2 Å². The number of hydrogen-bond acceptors (Lipinski definition) is 1. The third-order valence-electron chi connectivity index (χ3n) is 3.67. The average molecular weight is 384 g/mol. The van der Waals surface area contributed by atoms with Crippen molar-refractivity contribution >= 4 is 18.1 Å². The van der Waals surface area contributed by atoms with E-state index in [4.69, 9.17) is 4.52 Å². The van der Waals surface area contributed by atoms with Gasteiger partial charge in [-0.15, -0.1) is 0 Å². The maximum atomic E-state index is 6.50. The van der Waals surface area contributed by atoms with Gasteiger partial charge in [-0.05, 0) is 32.0 Å². The number of halogens is 1. The summed E-state index contributed by atoms with van der Waals surface area (Å²) in [4.78, 5) is 0. The fourth-order valence-electron chi connectivity index (χ4n) is 2.81. The van der Waals surface area contributed by atoms with Crippen molar-refractivity contribution in [3.8, 4) is 0 Å². The summed E-state index contributed by atoms with van der Waals surface area (Å²) in [5.41, 5.74) is 1.15. The normalized spacial score (nSPS) is 23.5. The quantitative estimate of drug-likeness (QED) is 0.513. The Morgan fingerprint density at radius 3 is 2.16 bits per heavy atom. The molecule has 2 aromatic carbocycles. The lowest BCUT2D eigenvalue weighted by molar-refractivity contribution is -0.00000712. The summed E-state index contributed by atoms with van der Waals surface area (Å²) >= 11 is 0. The summed E-state index contributed by atoms with van der Waals surface area (Å²) < 4.78 is 6.50. The van der Waals surface area contributed by atoms with E-state index in [2.05, 4.69) is 75.1 Å². The first kappa shape index (κ1) is 15.0. The van der Waals surface area contributed by atoms with Crippen molar-refractivity contribution in [3.63, 3.8) is 0 Å². The van der Waals surface area contributed by atoms with Gasteiger partial charge in [0.2, 0.25) is 7.49 Å². The van der Waals surface area contributed by atoms with Crippen molar-refractivity contribution in [2.24, 2.45) is 0 Å². The van der Waals surface area contributed by atoms with Crippen molar-refractivity contribution in [1.82, 2.24) is 0 Å². The Bertz CT molecular complexity index is 582. The van der Waals surface area contributed by atoms with E-state index in [1.54, 1.807) is 0 Å². The first-order valence-corrected chi connectivity index (χ1v) is 8.42. The van der Waals surface area contributed by atoms with Gasteiger partial charge in [-0.3, -0.25) is 0 Å². The Morgan fingerprint density at radius 1 is 0.895 bits per heavy atom. The Kier molecular flexibility index (Phi) is 4.06. The minimum Gasteiger partial charge on any atom is -1.00 e. The molecule has 1 atom stereocenters. The predicted molar refractivity (Wildman–Crippen MR) is 79.1 cm³/mol. The van der Waals surface area contributed by atoms with E-state index in [9.17, 15) is 0 Å². The molecule has 0 spiro atoms. The second-order valence-corrected chi connectivity index (χ2v) is 8.41. The van der Waals surface area contributed by atoms with Gasteiger partial charge in [0.15, 0.2) is 0 Å². The van der Waals surface area contributed by atoms with Gasteiger partial charge in [-0.1, -0.05) is 36.4 Å². The van der Waals surface area contributed by atoms with E-state index in [0.717, 1.165) is 0 Å². The van der Waals surface area contributed by atoms with Gasteiger partial charge in [0.1, 0.15) is 16.2 Å². The van der Waals surface area contributed by atoms with E-state index in [1.807, 2.05) is 0 Å². The first-order valence-electron chi connectivity index (χ1n) is 6.27. The summed E-state index contributed by atoms with van der Waals surface area (Å²) in [6.45, 7) is 6.61. The molecule has 0 aromatic heterocycles. The van der Waals surface area contributed by atoms with Crippen LogP contribution in [0.4, 0.5) is 0 Å². The Labute approximate surface area is 132 Å². The molecule has 1 nitrogen and oxygen atoms in total. The summed E-state index contributed by atoms with van der Waals surface area (Å²) in [6.07, 6.45) is 0. The Hall–Kier alpha value is -0.440. The molecule has 0 fully saturated rings. The van der Waals surface area contributed by atoms with Crippen LogP contribution in [-0.4, -0.2) is 6.66 Å². The zero-order valence-corrected chi connectivity index (χ0v) is 14.5. The van der Waals surface area contributed by atoms with Gasteiger partial charge in [0.05, 0.1) is 6.66 Å². The van der Waals surface area contributed by atoms with Gasteiger partial charge in [0.25, 0.3) is 0 Å². The average Bonchev–Trinajstić information content (AvgIpc) is 2.60. The van der Waals surface area contributed by atoms with Crippen molar-refractivity contribution in [2.45, 2.75) is 19.4 Å². The highest BCUT2D eigenvalue weighted by Gasteiger charge is 2.54. The molecule has 19 heavy (non-hydrogen) atoms. The van der Waals surface area contributed by atoms with Crippen molar-refractivity contribution in [1.29, 1.82) is 0 Å². The first-order chi connectivity index (χ1) is 8.54. The number of rotatable bonds is 1. The van der Waals surface area contributed by atoms with Crippen LogP contribution in [0.5, 0.6) is 0 Å². The van der Waals surface area contributed by atoms with Crippen LogP contribution in [0.25, 0.3) is 0 Å². The van der Waals surface area contributed by atoms with E-state index < -0.39 is 7.49 Å². The molecular formula is C16H18IOP. The second kappa shape index (κ2) is 5.16. The lowest BCUT2D eigenvalue weighted by Gasteiger charge is -2.20. The van der Waals surface area contributed by atoms with Crippen LogP contribution in [0, 0.1) is 0 Å². The zero-order chi connectivity index (χ0) is 12.8. The van der Waals surface area contributed by atoms with Crippen LogP contribution in [0.15, 0.2) is 54.6 Å². The standard InChI is InChI=1S/C16H18OP.HI/c1-16(2)14-11-7-8-12-15(14)18(3,17-16)13-9-5-4-6-10-13;/h4-12H,1-3H3;1H/q+1;/p-1. The third kappa shape index (κ3) is 2.35. The fourth-order valence-corrected chi connectivity index (χ4v) is 6.22. The minimum atomic E-state index is -1.68. The van der Waals surface area contributed by atoms with Crippen LogP contribution < -0.4 is 34.6 Å². The van der Waals surface area contributed by atoms with Gasteiger partial charge >= 0.3 is 0 Å². The fraction of sp³-hybridized carbons (Fsp3) is 0.250. The highest BCUT2D eigenvalue weighted by atomic mass is 127. The summed E-state index contributed by atoms with van der Waals surface area (Å²) in [5, 5.41) is 2.71. The highest BCUT2D eigenvalue weighted by Crippen LogP contribution is 2.64. The molecule has 0 amide bonds. The molecule has 100 valence electrons. The van der Waals surface area contributed by atoms with E-state index in [-0.39, 0.29) is 29.6 Å². The maximum absolute atomic E-state index is 6.50. The Morgan fingerprint density at radius 2 is 1.47 bits per heavy atom. The highest BCUT2D eigenvalue weighted by molar-refractivity contribution is 7.85. The van der Waals surface area contributed by atoms with Crippen molar-refractivity contribution < 1.29 is 28.5 Å². The topological polar surface area (TPSA) is 9.23 Å². The molecule has 3 rings (SSSR count). The van der Waals surface area contributed by atoms with Crippen LogP contribution in [0.2, 0.25) is 0 Å². The lowest BCUT2D eigenvalue weighted by atomic mass is 9.99. The molecule has 2 aromatic rings. The monoisotopic (exact) mass is 384 g/mol. The molecule has 1 heterocycles. The number of hydrogen-bond donors (Lipinski definition) is 0. The number of benzene rings is 2. The predicted octanol–water partition coefficient (Wildman–Crippen LogP) is 0.469. The van der Waals surface area contributed by atoms with Gasteiger partial charge in [-0.25, -0.2) is 4.52 Å². The molecular weight excluding hydrogens is 366 g/mol.